The first-order valence-electron chi connectivity index (χ1n) is 4.02. The Morgan fingerprint density at radius 2 is 2.43 bits per heavy atom. The highest BCUT2D eigenvalue weighted by Gasteiger charge is 2.31. The summed E-state index contributed by atoms with van der Waals surface area (Å²) in [7, 11) is 0. The van der Waals surface area contributed by atoms with Crippen molar-refractivity contribution in [3.05, 3.63) is 0 Å². The largest absolute Gasteiger partial charge is 0.285 e. The molecule has 1 saturated heterocycles. The number of halogens is 1. The van der Waals surface area contributed by atoms with Crippen molar-refractivity contribution in [2.45, 2.75) is 16.1 Å². The van der Waals surface area contributed by atoms with Crippen molar-refractivity contribution in [2.24, 2.45) is 0 Å². The number of anilines is 1. The molecule has 0 radical (unpaired) electrons. The first-order valence-corrected chi connectivity index (χ1v) is 6.50. The summed E-state index contributed by atoms with van der Waals surface area (Å²) in [5.74, 6) is 0.0359. The third-order valence-electron chi connectivity index (χ3n) is 1.88. The SMILES string of the molecule is CSc1nnc(N2CC(Cl)CC2=O)s1. The molecule has 1 unspecified atom stereocenters. The molecule has 1 fully saturated rings. The molecule has 1 aliphatic rings. The number of thioether (sulfide) groups is 1. The minimum Gasteiger partial charge on any atom is -0.285 e. The Morgan fingerprint density at radius 3 is 2.93 bits per heavy atom. The van der Waals surface area contributed by atoms with E-state index in [0.29, 0.717) is 18.1 Å². The maximum atomic E-state index is 11.5. The van der Waals surface area contributed by atoms with E-state index in [4.69, 9.17) is 11.6 Å². The zero-order chi connectivity index (χ0) is 10.1. The molecule has 1 aliphatic heterocycles. The molecule has 0 aromatic carbocycles. The number of hydrogen-bond donors (Lipinski definition) is 0. The van der Waals surface area contributed by atoms with E-state index in [9.17, 15) is 4.79 Å². The van der Waals surface area contributed by atoms with Gasteiger partial charge >= 0.3 is 0 Å². The van der Waals surface area contributed by atoms with Crippen LogP contribution in [0.5, 0.6) is 0 Å². The molecule has 1 aromatic heterocycles. The molecule has 0 N–H and O–H groups in total. The zero-order valence-corrected chi connectivity index (χ0v) is 9.82. The molecule has 1 atom stereocenters. The highest BCUT2D eigenvalue weighted by atomic mass is 35.5. The van der Waals surface area contributed by atoms with Gasteiger partial charge < -0.3 is 0 Å². The van der Waals surface area contributed by atoms with Crippen LogP contribution in [0.4, 0.5) is 5.13 Å². The Hall–Kier alpha value is -0.330. The van der Waals surface area contributed by atoms with E-state index < -0.39 is 0 Å². The van der Waals surface area contributed by atoms with Crippen LogP contribution in [0.25, 0.3) is 0 Å². The molecule has 0 bridgehead atoms. The van der Waals surface area contributed by atoms with E-state index in [2.05, 4.69) is 10.2 Å². The van der Waals surface area contributed by atoms with Gasteiger partial charge in [0.2, 0.25) is 11.0 Å². The maximum Gasteiger partial charge on any atom is 0.230 e. The van der Waals surface area contributed by atoms with Crippen molar-refractivity contribution >= 4 is 45.7 Å². The third kappa shape index (κ3) is 1.87. The van der Waals surface area contributed by atoms with Crippen LogP contribution in [-0.4, -0.2) is 34.3 Å². The number of carbonyl (C=O) groups is 1. The van der Waals surface area contributed by atoms with Crippen molar-refractivity contribution in [2.75, 3.05) is 17.7 Å². The number of carbonyl (C=O) groups excluding carboxylic acids is 1. The van der Waals surface area contributed by atoms with Gasteiger partial charge in [0.1, 0.15) is 0 Å². The van der Waals surface area contributed by atoms with E-state index >= 15 is 0 Å². The van der Waals surface area contributed by atoms with Crippen molar-refractivity contribution in [3.63, 3.8) is 0 Å². The number of aromatic nitrogens is 2. The van der Waals surface area contributed by atoms with Crippen molar-refractivity contribution in [1.29, 1.82) is 0 Å². The molecule has 76 valence electrons. The van der Waals surface area contributed by atoms with Crippen LogP contribution >= 0.6 is 34.7 Å². The summed E-state index contributed by atoms with van der Waals surface area (Å²) in [6, 6.07) is 0. The Bertz CT molecular complexity index is 356. The smallest absolute Gasteiger partial charge is 0.230 e. The lowest BCUT2D eigenvalue weighted by Gasteiger charge is -2.09. The van der Waals surface area contributed by atoms with Crippen LogP contribution in [0, 0.1) is 0 Å². The van der Waals surface area contributed by atoms with Crippen LogP contribution in [0.15, 0.2) is 4.34 Å². The second-order valence-corrected chi connectivity index (χ2v) is 5.49. The normalized spacial score (nSPS) is 22.0. The fourth-order valence-electron chi connectivity index (χ4n) is 1.24. The monoisotopic (exact) mass is 249 g/mol. The molecule has 2 rings (SSSR count). The van der Waals surface area contributed by atoms with Gasteiger partial charge in [-0.3, -0.25) is 9.69 Å². The maximum absolute atomic E-state index is 11.5. The highest BCUT2D eigenvalue weighted by molar-refractivity contribution is 8.00. The molecule has 1 amide bonds. The summed E-state index contributed by atoms with van der Waals surface area (Å²) in [6.07, 6.45) is 2.33. The number of rotatable bonds is 2. The van der Waals surface area contributed by atoms with Crippen molar-refractivity contribution in [1.82, 2.24) is 10.2 Å². The van der Waals surface area contributed by atoms with Gasteiger partial charge in [0.05, 0.1) is 5.38 Å². The molecule has 0 spiro atoms. The summed E-state index contributed by atoms with van der Waals surface area (Å²) in [4.78, 5) is 13.1. The summed E-state index contributed by atoms with van der Waals surface area (Å²) in [5, 5.41) is 8.44. The first-order chi connectivity index (χ1) is 6.70. The van der Waals surface area contributed by atoms with E-state index in [0.717, 1.165) is 4.34 Å². The molecular formula is C7H8ClN3OS2. The van der Waals surface area contributed by atoms with Gasteiger partial charge in [0, 0.05) is 13.0 Å². The summed E-state index contributed by atoms with van der Waals surface area (Å²) in [5.41, 5.74) is 0. The minimum absolute atomic E-state index is 0.0359. The average molecular weight is 250 g/mol. The summed E-state index contributed by atoms with van der Waals surface area (Å²) in [6.45, 7) is 0.545. The topological polar surface area (TPSA) is 46.1 Å². The van der Waals surface area contributed by atoms with Gasteiger partial charge in [-0.2, -0.15) is 0 Å². The lowest BCUT2D eigenvalue weighted by molar-refractivity contribution is -0.117. The molecule has 1 aromatic rings. The highest BCUT2D eigenvalue weighted by Crippen LogP contribution is 2.30. The Balaban J connectivity index is 2.18. The average Bonchev–Trinajstić information content (AvgIpc) is 2.71. The zero-order valence-electron chi connectivity index (χ0n) is 7.44. The molecular weight excluding hydrogens is 242 g/mol. The fraction of sp³-hybridized carbons (Fsp3) is 0.571. The van der Waals surface area contributed by atoms with Crippen LogP contribution in [0.1, 0.15) is 6.42 Å². The van der Waals surface area contributed by atoms with Gasteiger partial charge in [-0.15, -0.1) is 21.8 Å². The van der Waals surface area contributed by atoms with Gasteiger partial charge in [0.15, 0.2) is 4.34 Å². The van der Waals surface area contributed by atoms with E-state index in [1.807, 2.05) is 6.26 Å². The van der Waals surface area contributed by atoms with E-state index in [1.54, 1.807) is 4.90 Å². The standard InChI is InChI=1S/C7H8ClN3OS2/c1-13-7-10-9-6(14-7)11-3-4(8)2-5(11)12/h4H,2-3H2,1H3. The van der Waals surface area contributed by atoms with Crippen molar-refractivity contribution in [3.8, 4) is 0 Å². The molecule has 0 aliphatic carbocycles. The molecule has 2 heterocycles. The third-order valence-corrected chi connectivity index (χ3v) is 4.09. The quantitative estimate of drug-likeness (QED) is 0.454. The Labute approximate surface area is 94.6 Å². The summed E-state index contributed by atoms with van der Waals surface area (Å²) < 4.78 is 0.867. The summed E-state index contributed by atoms with van der Waals surface area (Å²) >= 11 is 8.83. The van der Waals surface area contributed by atoms with Gasteiger partial charge in [-0.25, -0.2) is 0 Å². The number of nitrogens with zero attached hydrogens (tertiary/aromatic N) is 3. The minimum atomic E-state index is -0.0934. The predicted molar refractivity (Wildman–Crippen MR) is 58.3 cm³/mol. The van der Waals surface area contributed by atoms with Gasteiger partial charge in [-0.05, 0) is 6.26 Å². The molecule has 14 heavy (non-hydrogen) atoms. The second-order valence-electron chi connectivity index (χ2n) is 2.86. The molecule has 4 nitrogen and oxygen atoms in total. The van der Waals surface area contributed by atoms with Crippen LogP contribution in [0.2, 0.25) is 0 Å². The Kier molecular flexibility index (Phi) is 2.94. The van der Waals surface area contributed by atoms with Crippen LogP contribution in [0.3, 0.4) is 0 Å². The molecule has 7 heteroatoms. The van der Waals surface area contributed by atoms with E-state index in [1.165, 1.54) is 23.1 Å². The van der Waals surface area contributed by atoms with Gasteiger partial charge in [0.25, 0.3) is 0 Å². The fourth-order valence-corrected chi connectivity index (χ4v) is 2.80. The van der Waals surface area contributed by atoms with Crippen LogP contribution in [-0.2, 0) is 4.79 Å². The number of amides is 1. The number of alkyl halides is 1. The van der Waals surface area contributed by atoms with E-state index in [-0.39, 0.29) is 11.3 Å². The van der Waals surface area contributed by atoms with Crippen LogP contribution < -0.4 is 4.90 Å². The predicted octanol–water partition coefficient (Wildman–Crippen LogP) is 1.60. The lowest BCUT2D eigenvalue weighted by atomic mass is 10.4. The first kappa shape index (κ1) is 10.2. The lowest BCUT2D eigenvalue weighted by Crippen LogP contribution is -2.24. The number of hydrogen-bond acceptors (Lipinski definition) is 5. The van der Waals surface area contributed by atoms with Gasteiger partial charge in [-0.1, -0.05) is 23.1 Å². The second kappa shape index (κ2) is 4.04. The Morgan fingerprint density at radius 1 is 1.64 bits per heavy atom. The molecule has 0 saturated carbocycles. The van der Waals surface area contributed by atoms with Crippen molar-refractivity contribution < 1.29 is 4.79 Å².